The van der Waals surface area contributed by atoms with Gasteiger partial charge in [0.15, 0.2) is 5.78 Å². The zero-order chi connectivity index (χ0) is 15.4. The van der Waals surface area contributed by atoms with Crippen LogP contribution in [-0.4, -0.2) is 5.78 Å². The number of Topliss-reactive ketones (excluding diaryl/α,β-unsaturated/α-hetero) is 1. The number of benzene rings is 4. The van der Waals surface area contributed by atoms with Gasteiger partial charge in [-0.25, -0.2) is 0 Å². The van der Waals surface area contributed by atoms with Gasteiger partial charge in [0.1, 0.15) is 0 Å². The Kier molecular flexibility index (Phi) is 2.48. The molecule has 1 aliphatic carbocycles. The molecule has 5 rings (SSSR count). The van der Waals surface area contributed by atoms with Crippen LogP contribution in [-0.2, 0) is 6.42 Å². The predicted octanol–water partition coefficient (Wildman–Crippen LogP) is 5.40. The highest BCUT2D eigenvalue weighted by Crippen LogP contribution is 2.39. The Hall–Kier alpha value is -2.93. The third-order valence-electron chi connectivity index (χ3n) is 4.85. The van der Waals surface area contributed by atoms with E-state index in [4.69, 9.17) is 0 Å². The Bertz CT molecular complexity index is 1110. The molecule has 1 aliphatic rings. The largest absolute Gasteiger partial charge is 0.294 e. The van der Waals surface area contributed by atoms with E-state index in [1.165, 1.54) is 21.7 Å². The molecule has 23 heavy (non-hydrogen) atoms. The fourth-order valence-corrected chi connectivity index (χ4v) is 3.73. The van der Waals surface area contributed by atoms with Gasteiger partial charge in [0.25, 0.3) is 0 Å². The first-order valence-electron chi connectivity index (χ1n) is 7.88. The average Bonchev–Trinajstić information content (AvgIpc) is 2.60. The van der Waals surface area contributed by atoms with Gasteiger partial charge in [0.2, 0.25) is 0 Å². The summed E-state index contributed by atoms with van der Waals surface area (Å²) < 4.78 is 0. The first kappa shape index (κ1) is 12.6. The average molecular weight is 294 g/mol. The number of hydrogen-bond donors (Lipinski definition) is 0. The van der Waals surface area contributed by atoms with Crippen molar-refractivity contribution >= 4 is 27.3 Å². The van der Waals surface area contributed by atoms with Crippen molar-refractivity contribution in [1.29, 1.82) is 0 Å². The summed E-state index contributed by atoms with van der Waals surface area (Å²) in [4.78, 5) is 12.7. The standard InChI is InChI=1S/C22H14O/c23-22-13-20-17-8-4-3-5-14(17)9-10-18(20)19-11-15-6-1-2-7-16(15)12-21(19)22/h1-12H,13H2. The van der Waals surface area contributed by atoms with Crippen LogP contribution in [0.3, 0.4) is 0 Å². The second kappa shape index (κ2) is 4.53. The van der Waals surface area contributed by atoms with E-state index in [1.807, 2.05) is 30.3 Å². The first-order valence-corrected chi connectivity index (χ1v) is 7.88. The van der Waals surface area contributed by atoms with E-state index >= 15 is 0 Å². The van der Waals surface area contributed by atoms with Gasteiger partial charge in [-0.2, -0.15) is 0 Å². The molecular weight excluding hydrogens is 280 g/mol. The lowest BCUT2D eigenvalue weighted by molar-refractivity contribution is 0.0992. The van der Waals surface area contributed by atoms with Crippen LogP contribution < -0.4 is 0 Å². The molecular formula is C22H14O. The minimum atomic E-state index is 0.217. The summed E-state index contributed by atoms with van der Waals surface area (Å²) in [6.45, 7) is 0. The molecule has 0 bridgehead atoms. The molecule has 0 spiro atoms. The van der Waals surface area contributed by atoms with E-state index < -0.39 is 0 Å². The minimum Gasteiger partial charge on any atom is -0.294 e. The van der Waals surface area contributed by atoms with Gasteiger partial charge in [-0.3, -0.25) is 4.79 Å². The normalized spacial score (nSPS) is 13.1. The lowest BCUT2D eigenvalue weighted by atomic mass is 9.81. The molecule has 1 heteroatoms. The van der Waals surface area contributed by atoms with E-state index in [1.54, 1.807) is 0 Å². The highest BCUT2D eigenvalue weighted by atomic mass is 16.1. The lowest BCUT2D eigenvalue weighted by Gasteiger charge is -2.21. The molecule has 4 aromatic rings. The smallest absolute Gasteiger partial charge is 0.167 e. The summed E-state index contributed by atoms with van der Waals surface area (Å²) in [5.74, 6) is 0.217. The van der Waals surface area contributed by atoms with Gasteiger partial charge in [0, 0.05) is 12.0 Å². The molecule has 0 N–H and O–H groups in total. The minimum absolute atomic E-state index is 0.217. The maximum Gasteiger partial charge on any atom is 0.167 e. The van der Waals surface area contributed by atoms with Gasteiger partial charge >= 0.3 is 0 Å². The number of rotatable bonds is 0. The van der Waals surface area contributed by atoms with Crippen LogP contribution in [0.15, 0.2) is 72.8 Å². The molecule has 0 radical (unpaired) electrons. The van der Waals surface area contributed by atoms with Crippen molar-refractivity contribution in [2.45, 2.75) is 6.42 Å². The third-order valence-corrected chi connectivity index (χ3v) is 4.85. The van der Waals surface area contributed by atoms with Crippen LogP contribution in [0.2, 0.25) is 0 Å². The summed E-state index contributed by atoms with van der Waals surface area (Å²) in [5.41, 5.74) is 4.28. The third kappa shape index (κ3) is 1.77. The SMILES string of the molecule is O=C1Cc2c(ccc3ccccc23)-c2cc3ccccc3cc21. The van der Waals surface area contributed by atoms with Crippen molar-refractivity contribution in [3.63, 3.8) is 0 Å². The van der Waals surface area contributed by atoms with E-state index in [0.717, 1.165) is 22.1 Å². The highest BCUT2D eigenvalue weighted by molar-refractivity contribution is 6.13. The van der Waals surface area contributed by atoms with E-state index in [9.17, 15) is 4.79 Å². The molecule has 0 amide bonds. The maximum atomic E-state index is 12.7. The second-order valence-electron chi connectivity index (χ2n) is 6.16. The summed E-state index contributed by atoms with van der Waals surface area (Å²) in [7, 11) is 0. The van der Waals surface area contributed by atoms with E-state index in [0.29, 0.717) is 6.42 Å². The Labute approximate surface area is 134 Å². The van der Waals surface area contributed by atoms with Crippen molar-refractivity contribution in [2.75, 3.05) is 0 Å². The monoisotopic (exact) mass is 294 g/mol. The van der Waals surface area contributed by atoms with Crippen LogP contribution in [0.25, 0.3) is 32.7 Å². The maximum absolute atomic E-state index is 12.7. The van der Waals surface area contributed by atoms with Crippen LogP contribution in [0, 0.1) is 0 Å². The molecule has 4 aromatic carbocycles. The van der Waals surface area contributed by atoms with Gasteiger partial charge < -0.3 is 0 Å². The number of hydrogen-bond acceptors (Lipinski definition) is 1. The zero-order valence-electron chi connectivity index (χ0n) is 12.5. The highest BCUT2D eigenvalue weighted by Gasteiger charge is 2.24. The fraction of sp³-hybridized carbons (Fsp3) is 0.0455. The predicted molar refractivity (Wildman–Crippen MR) is 94.9 cm³/mol. The zero-order valence-corrected chi connectivity index (χ0v) is 12.5. The second-order valence-corrected chi connectivity index (χ2v) is 6.16. The summed E-state index contributed by atoms with van der Waals surface area (Å²) >= 11 is 0. The van der Waals surface area contributed by atoms with Gasteiger partial charge in [-0.15, -0.1) is 0 Å². The number of fused-ring (bicyclic) bond motifs is 6. The molecule has 0 fully saturated rings. The lowest BCUT2D eigenvalue weighted by Crippen LogP contribution is -2.12. The topological polar surface area (TPSA) is 17.1 Å². The molecule has 0 unspecified atom stereocenters. The molecule has 0 heterocycles. The van der Waals surface area contributed by atoms with Crippen LogP contribution in [0.1, 0.15) is 15.9 Å². The Morgan fingerprint density at radius 2 is 1.26 bits per heavy atom. The van der Waals surface area contributed by atoms with E-state index in [2.05, 4.69) is 42.5 Å². The number of carbonyl (C=O) groups excluding carboxylic acids is 1. The van der Waals surface area contributed by atoms with E-state index in [-0.39, 0.29) is 5.78 Å². The molecule has 0 aliphatic heterocycles. The Balaban J connectivity index is 1.90. The molecule has 1 nitrogen and oxygen atoms in total. The molecule has 0 saturated heterocycles. The summed E-state index contributed by atoms with van der Waals surface area (Å²) in [5, 5.41) is 4.70. The van der Waals surface area contributed by atoms with Crippen LogP contribution >= 0.6 is 0 Å². The van der Waals surface area contributed by atoms with Crippen molar-refractivity contribution in [2.24, 2.45) is 0 Å². The van der Waals surface area contributed by atoms with Crippen molar-refractivity contribution in [3.8, 4) is 11.1 Å². The Morgan fingerprint density at radius 1 is 0.609 bits per heavy atom. The fourth-order valence-electron chi connectivity index (χ4n) is 3.73. The van der Waals surface area contributed by atoms with Crippen LogP contribution in [0.5, 0.6) is 0 Å². The van der Waals surface area contributed by atoms with Gasteiger partial charge in [-0.05, 0) is 50.4 Å². The number of ketones is 1. The first-order chi connectivity index (χ1) is 11.3. The molecule has 0 saturated carbocycles. The quantitative estimate of drug-likeness (QED) is 0.424. The summed E-state index contributed by atoms with van der Waals surface area (Å²) in [6, 6.07) is 25.1. The van der Waals surface area contributed by atoms with Gasteiger partial charge in [-0.1, -0.05) is 60.7 Å². The van der Waals surface area contributed by atoms with Gasteiger partial charge in [0.05, 0.1) is 0 Å². The number of carbonyl (C=O) groups is 1. The molecule has 0 atom stereocenters. The van der Waals surface area contributed by atoms with Crippen molar-refractivity contribution in [3.05, 3.63) is 83.9 Å². The molecule has 0 aromatic heterocycles. The Morgan fingerprint density at radius 3 is 2.04 bits per heavy atom. The van der Waals surface area contributed by atoms with Crippen LogP contribution in [0.4, 0.5) is 0 Å². The van der Waals surface area contributed by atoms with Crippen molar-refractivity contribution in [1.82, 2.24) is 0 Å². The molecule has 108 valence electrons. The van der Waals surface area contributed by atoms with Crippen molar-refractivity contribution < 1.29 is 4.79 Å². The summed E-state index contributed by atoms with van der Waals surface area (Å²) in [6.07, 6.45) is 0.488.